The molecule has 4 N–H and O–H groups in total. The molecular weight excluding hydrogens is 644 g/mol. The molecule has 0 radical (unpaired) electrons. The Kier molecular flexibility index (Phi) is 22.8. The Labute approximate surface area is 295 Å². The molecule has 276 valence electrons. The van der Waals surface area contributed by atoms with Crippen LogP contribution >= 0.6 is 0 Å². The van der Waals surface area contributed by atoms with Gasteiger partial charge in [0, 0.05) is 19.3 Å². The summed E-state index contributed by atoms with van der Waals surface area (Å²) in [5.74, 6) is -1.80. The summed E-state index contributed by atoms with van der Waals surface area (Å²) in [7, 11) is 1.16. The maximum absolute atomic E-state index is 13.6. The molecule has 0 aliphatic heterocycles. The summed E-state index contributed by atoms with van der Waals surface area (Å²) in [4.78, 5) is 74.2. The fourth-order valence-electron chi connectivity index (χ4n) is 5.17. The molecule has 12 heteroatoms. The van der Waals surface area contributed by atoms with Crippen molar-refractivity contribution < 1.29 is 48.5 Å². The van der Waals surface area contributed by atoms with Gasteiger partial charge in [-0.1, -0.05) is 75.7 Å². The topological polar surface area (TPSA) is 185 Å². The molecular formula is C38H54N2O10. The van der Waals surface area contributed by atoms with Crippen LogP contribution in [0.2, 0.25) is 0 Å². The van der Waals surface area contributed by atoms with Crippen LogP contribution < -0.4 is 15.4 Å². The van der Waals surface area contributed by atoms with Crippen molar-refractivity contribution in [3.63, 3.8) is 0 Å². The molecule has 12 nitrogen and oxygen atoms in total. The van der Waals surface area contributed by atoms with E-state index in [9.17, 15) is 39.0 Å². The van der Waals surface area contributed by atoms with Crippen LogP contribution in [-0.4, -0.2) is 72.0 Å². The minimum atomic E-state index is -1.60. The number of unbranched alkanes of at least 4 members (excludes halogenated alkanes) is 8. The van der Waals surface area contributed by atoms with Crippen LogP contribution in [0.3, 0.4) is 0 Å². The number of methoxy groups -OCH3 is 1. The van der Waals surface area contributed by atoms with Crippen molar-refractivity contribution in [1.29, 1.82) is 0 Å². The van der Waals surface area contributed by atoms with Crippen LogP contribution in [0.15, 0.2) is 36.4 Å². The quantitative estimate of drug-likeness (QED) is 0.0421. The minimum absolute atomic E-state index is 0.0255. The summed E-state index contributed by atoms with van der Waals surface area (Å²) in [6, 6.07) is 5.48. The molecule has 0 aromatic heterocycles. The zero-order valence-corrected chi connectivity index (χ0v) is 29.7. The van der Waals surface area contributed by atoms with E-state index in [0.717, 1.165) is 52.1 Å². The number of carbonyl (C=O) groups excluding carboxylic acids is 4. The number of nitrogens with one attached hydrogen (secondary N) is 2. The molecule has 2 amide bonds. The summed E-state index contributed by atoms with van der Waals surface area (Å²) in [6.45, 7) is 3.59. The highest BCUT2D eigenvalue weighted by Gasteiger charge is 2.35. The predicted molar refractivity (Wildman–Crippen MR) is 188 cm³/mol. The molecule has 0 fully saturated rings. The smallest absolute Gasteiger partial charge is 0.325 e. The zero-order valence-electron chi connectivity index (χ0n) is 29.7. The van der Waals surface area contributed by atoms with E-state index in [0.29, 0.717) is 30.6 Å². The van der Waals surface area contributed by atoms with E-state index in [-0.39, 0.29) is 18.8 Å². The van der Waals surface area contributed by atoms with Crippen molar-refractivity contribution in [3.8, 4) is 17.6 Å². The Hall–Kier alpha value is -4.66. The van der Waals surface area contributed by atoms with Gasteiger partial charge in [-0.05, 0) is 50.3 Å². The van der Waals surface area contributed by atoms with Crippen LogP contribution in [0.4, 0.5) is 0 Å². The van der Waals surface area contributed by atoms with Crippen molar-refractivity contribution >= 4 is 35.5 Å². The molecule has 0 aliphatic carbocycles. The molecule has 0 aliphatic rings. The van der Waals surface area contributed by atoms with Crippen LogP contribution in [0, 0.1) is 23.7 Å². The minimum Gasteiger partial charge on any atom is -0.481 e. The molecule has 0 spiro atoms. The number of benzene rings is 1. The molecule has 3 atom stereocenters. The molecule has 1 aromatic rings. The molecule has 50 heavy (non-hydrogen) atoms. The second kappa shape index (κ2) is 26.2. The largest absolute Gasteiger partial charge is 0.481 e. The molecule has 1 unspecified atom stereocenters. The van der Waals surface area contributed by atoms with Crippen molar-refractivity contribution in [1.82, 2.24) is 10.6 Å². The number of ether oxygens (including phenoxy) is 2. The van der Waals surface area contributed by atoms with E-state index in [1.807, 2.05) is 0 Å². The van der Waals surface area contributed by atoms with Crippen LogP contribution in [0.25, 0.3) is 0 Å². The lowest BCUT2D eigenvalue weighted by Crippen LogP contribution is -2.51. The number of allylic oxidation sites excluding steroid dienone is 1. The van der Waals surface area contributed by atoms with Crippen LogP contribution in [0.5, 0.6) is 5.75 Å². The van der Waals surface area contributed by atoms with Crippen molar-refractivity contribution in [2.45, 2.75) is 110 Å². The summed E-state index contributed by atoms with van der Waals surface area (Å²) in [5.41, 5.74) is 0.624. The van der Waals surface area contributed by atoms with Gasteiger partial charge in [-0.25, -0.2) is 0 Å². The first-order valence-electron chi connectivity index (χ1n) is 17.4. The molecule has 0 saturated carbocycles. The lowest BCUT2D eigenvalue weighted by Gasteiger charge is -2.24. The summed E-state index contributed by atoms with van der Waals surface area (Å²) >= 11 is 0. The van der Waals surface area contributed by atoms with E-state index in [1.54, 1.807) is 37.3 Å². The number of rotatable bonds is 27. The van der Waals surface area contributed by atoms with E-state index in [2.05, 4.69) is 34.1 Å². The number of ketones is 1. The summed E-state index contributed by atoms with van der Waals surface area (Å²) in [5, 5.41) is 24.3. The molecule has 1 rings (SSSR count). The molecule has 0 heterocycles. The van der Waals surface area contributed by atoms with Gasteiger partial charge in [-0.15, -0.1) is 5.92 Å². The summed E-state index contributed by atoms with van der Waals surface area (Å²) in [6.07, 6.45) is 12.7. The number of aliphatic carboxylic acids is 2. The van der Waals surface area contributed by atoms with E-state index < -0.39 is 60.6 Å². The summed E-state index contributed by atoms with van der Waals surface area (Å²) < 4.78 is 10.1. The third kappa shape index (κ3) is 19.4. The third-order valence-corrected chi connectivity index (χ3v) is 8.05. The first-order valence-corrected chi connectivity index (χ1v) is 17.4. The van der Waals surface area contributed by atoms with Gasteiger partial charge in [-0.3, -0.25) is 28.8 Å². The Morgan fingerprint density at radius 2 is 1.52 bits per heavy atom. The fraction of sp³-hybridized carbons (Fsp3) is 0.579. The van der Waals surface area contributed by atoms with Gasteiger partial charge in [0.2, 0.25) is 11.8 Å². The number of carboxylic acid groups (broad SMARTS) is 2. The fourth-order valence-corrected chi connectivity index (χ4v) is 5.17. The van der Waals surface area contributed by atoms with Crippen molar-refractivity contribution in [2.24, 2.45) is 11.8 Å². The highest BCUT2D eigenvalue weighted by Crippen LogP contribution is 2.21. The standard InChI is InChI=1S/C38H54N2O10/c1-4-6-8-11-14-17-29(41)18-15-12-9-10-13-16-19-31(32(38(47)48)26-34(42)43)36(45)40-33(37(46)39-27-35(44)49-3)25-28-20-22-30(23-21-28)50-24-7-5-2/h16,19-23,31-33H,4,6,8-15,17-18,24-27H2,1-3H3,(H,39,46)(H,40,45)(H,42,43)(H,47,48)/b19-16+/t31?,32-,33+/m1/s1. The Morgan fingerprint density at radius 1 is 0.880 bits per heavy atom. The average molecular weight is 699 g/mol. The van der Waals surface area contributed by atoms with E-state index in [1.165, 1.54) is 18.9 Å². The van der Waals surface area contributed by atoms with Gasteiger partial charge in [0.15, 0.2) is 0 Å². The number of hydrogen-bond donors (Lipinski definition) is 4. The number of amides is 2. The van der Waals surface area contributed by atoms with Gasteiger partial charge < -0.3 is 30.3 Å². The number of carbonyl (C=O) groups is 6. The molecule has 0 bridgehead atoms. The van der Waals surface area contributed by atoms with Crippen molar-refractivity contribution in [3.05, 3.63) is 42.0 Å². The van der Waals surface area contributed by atoms with Gasteiger partial charge >= 0.3 is 17.9 Å². The van der Waals surface area contributed by atoms with Crippen molar-refractivity contribution in [2.75, 3.05) is 20.3 Å². The maximum atomic E-state index is 13.6. The monoisotopic (exact) mass is 698 g/mol. The first-order chi connectivity index (χ1) is 24.0. The van der Waals surface area contributed by atoms with Crippen LogP contribution in [-0.2, 0) is 39.9 Å². The second-order valence-corrected chi connectivity index (χ2v) is 12.1. The van der Waals surface area contributed by atoms with Gasteiger partial charge in [-0.2, -0.15) is 0 Å². The van der Waals surface area contributed by atoms with E-state index >= 15 is 0 Å². The third-order valence-electron chi connectivity index (χ3n) is 8.05. The lowest BCUT2D eigenvalue weighted by molar-refractivity contribution is -0.151. The molecule has 0 saturated heterocycles. The Balaban J connectivity index is 2.96. The SMILES string of the molecule is CC#CCOc1ccc(C[C@H](NC(=O)C(/C=C/CCCCCCC(=O)CCCCCCC)[C@@H](CC(=O)O)C(=O)O)C(=O)NCC(=O)OC)cc1. The second-order valence-electron chi connectivity index (χ2n) is 12.1. The van der Waals surface area contributed by atoms with Gasteiger partial charge in [0.05, 0.1) is 25.4 Å². The van der Waals surface area contributed by atoms with Crippen LogP contribution in [0.1, 0.15) is 103 Å². The number of esters is 1. The number of Topliss-reactive ketones (excluding diaryl/α,β-unsaturated/α-hetero) is 1. The first kappa shape index (κ1) is 43.4. The van der Waals surface area contributed by atoms with Gasteiger partial charge in [0.25, 0.3) is 0 Å². The number of hydrogen-bond acceptors (Lipinski definition) is 8. The van der Waals surface area contributed by atoms with Gasteiger partial charge in [0.1, 0.15) is 30.7 Å². The maximum Gasteiger partial charge on any atom is 0.325 e. The van der Waals surface area contributed by atoms with E-state index in [4.69, 9.17) is 4.74 Å². The molecule has 1 aromatic carbocycles. The average Bonchev–Trinajstić information content (AvgIpc) is 3.09. The highest BCUT2D eigenvalue weighted by atomic mass is 16.5. The Morgan fingerprint density at radius 3 is 2.10 bits per heavy atom. The predicted octanol–water partition coefficient (Wildman–Crippen LogP) is 5.02. The Bertz CT molecular complexity index is 1310. The normalized spacial score (nSPS) is 12.5. The number of carboxylic acids is 2. The lowest BCUT2D eigenvalue weighted by atomic mass is 9.87. The highest BCUT2D eigenvalue weighted by molar-refractivity contribution is 5.93. The zero-order chi connectivity index (χ0) is 37.1.